The lowest BCUT2D eigenvalue weighted by Crippen LogP contribution is -2.24. The number of hydrogen-bond acceptors (Lipinski definition) is 6. The summed E-state index contributed by atoms with van der Waals surface area (Å²) in [6.07, 6.45) is 4.00. The van der Waals surface area contributed by atoms with Gasteiger partial charge in [-0.1, -0.05) is 13.2 Å². The molecule has 4 N–H and O–H groups in total. The largest absolute Gasteiger partial charge is 0.394 e. The first kappa shape index (κ1) is 24.5. The number of nitrogens with one attached hydrogen (secondary N) is 2. The number of hydrogen-bond donors (Lipinski definition) is 4. The van der Waals surface area contributed by atoms with E-state index in [-0.39, 0.29) is 25.0 Å². The van der Waals surface area contributed by atoms with Crippen molar-refractivity contribution in [2.24, 2.45) is 0 Å². The summed E-state index contributed by atoms with van der Waals surface area (Å²) < 4.78 is 9.94. The number of carbonyl (C=O) groups excluding carboxylic acids is 2. The lowest BCUT2D eigenvalue weighted by Gasteiger charge is -2.05. The van der Waals surface area contributed by atoms with Crippen LogP contribution in [0, 0.1) is 0 Å². The summed E-state index contributed by atoms with van der Waals surface area (Å²) in [5.41, 5.74) is 0. The molecular formula is C16H30N2O6. The molecule has 140 valence electrons. The Balaban J connectivity index is 0. The van der Waals surface area contributed by atoms with Gasteiger partial charge in [0.15, 0.2) is 0 Å². The first-order valence-electron chi connectivity index (χ1n) is 7.80. The van der Waals surface area contributed by atoms with Gasteiger partial charge in [-0.15, -0.1) is 0 Å². The Morgan fingerprint density at radius 2 is 1.17 bits per heavy atom. The van der Waals surface area contributed by atoms with Crippen LogP contribution in [-0.4, -0.2) is 74.8 Å². The molecule has 8 nitrogen and oxygen atoms in total. The number of amides is 2. The first-order valence-corrected chi connectivity index (χ1v) is 7.80. The fraction of sp³-hybridized carbons (Fsp3) is 0.625. The van der Waals surface area contributed by atoms with E-state index in [9.17, 15) is 9.59 Å². The molecule has 0 saturated heterocycles. The van der Waals surface area contributed by atoms with Crippen molar-refractivity contribution in [2.45, 2.75) is 12.8 Å². The molecule has 0 aliphatic heterocycles. The minimum absolute atomic E-state index is 0.0278. The van der Waals surface area contributed by atoms with Gasteiger partial charge in [0.1, 0.15) is 0 Å². The predicted octanol–water partition coefficient (Wildman–Crippen LogP) is -0.625. The molecule has 0 aromatic carbocycles. The van der Waals surface area contributed by atoms with Gasteiger partial charge in [0.2, 0.25) is 11.8 Å². The molecule has 0 aromatic rings. The summed E-state index contributed by atoms with van der Waals surface area (Å²) in [5, 5.41) is 21.5. The highest BCUT2D eigenvalue weighted by molar-refractivity contribution is 5.87. The van der Waals surface area contributed by atoms with Crippen LogP contribution in [0.4, 0.5) is 0 Å². The summed E-state index contributed by atoms with van der Waals surface area (Å²) in [7, 11) is 0. The Hall–Kier alpha value is -1.74. The highest BCUT2D eigenvalue weighted by atomic mass is 16.5. The van der Waals surface area contributed by atoms with Crippen molar-refractivity contribution in [3.8, 4) is 0 Å². The molecule has 0 spiro atoms. The van der Waals surface area contributed by atoms with Crippen molar-refractivity contribution in [3.05, 3.63) is 25.3 Å². The van der Waals surface area contributed by atoms with E-state index in [4.69, 9.17) is 14.9 Å². The molecular weight excluding hydrogens is 316 g/mol. The van der Waals surface area contributed by atoms with Crippen molar-refractivity contribution < 1.29 is 29.3 Å². The molecule has 0 heterocycles. The summed E-state index contributed by atoms with van der Waals surface area (Å²) in [6.45, 7) is 9.73. The average Bonchev–Trinajstić information content (AvgIpc) is 2.60. The van der Waals surface area contributed by atoms with Crippen LogP contribution in [-0.2, 0) is 19.1 Å². The number of ether oxygens (including phenoxy) is 2. The zero-order valence-electron chi connectivity index (χ0n) is 14.2. The van der Waals surface area contributed by atoms with Gasteiger partial charge in [-0.2, -0.15) is 0 Å². The second kappa shape index (κ2) is 21.3. The number of aliphatic hydroxyl groups excluding tert-OH is 2. The Labute approximate surface area is 143 Å². The van der Waals surface area contributed by atoms with E-state index in [1.807, 2.05) is 0 Å². The highest BCUT2D eigenvalue weighted by Crippen LogP contribution is 1.85. The van der Waals surface area contributed by atoms with E-state index < -0.39 is 0 Å². The monoisotopic (exact) mass is 346 g/mol. The van der Waals surface area contributed by atoms with Crippen LogP contribution >= 0.6 is 0 Å². The average molecular weight is 346 g/mol. The van der Waals surface area contributed by atoms with Gasteiger partial charge < -0.3 is 30.3 Å². The fourth-order valence-corrected chi connectivity index (χ4v) is 1.25. The zero-order valence-corrected chi connectivity index (χ0v) is 14.2. The Kier molecular flexibility index (Phi) is 21.7. The molecule has 8 heteroatoms. The van der Waals surface area contributed by atoms with E-state index in [1.165, 1.54) is 12.2 Å². The quantitative estimate of drug-likeness (QED) is 0.246. The van der Waals surface area contributed by atoms with Crippen molar-refractivity contribution in [2.75, 3.05) is 52.7 Å². The molecule has 0 saturated carbocycles. The Bertz CT molecular complexity index is 307. The van der Waals surface area contributed by atoms with Crippen LogP contribution in [0.1, 0.15) is 12.8 Å². The maximum Gasteiger partial charge on any atom is 0.243 e. The van der Waals surface area contributed by atoms with Gasteiger partial charge in [0.05, 0.1) is 26.4 Å². The number of rotatable bonds is 14. The first-order chi connectivity index (χ1) is 11.6. The van der Waals surface area contributed by atoms with Crippen LogP contribution in [0.15, 0.2) is 25.3 Å². The van der Waals surface area contributed by atoms with Gasteiger partial charge in [-0.05, 0) is 25.0 Å². The van der Waals surface area contributed by atoms with E-state index >= 15 is 0 Å². The molecule has 0 radical (unpaired) electrons. The summed E-state index contributed by atoms with van der Waals surface area (Å²) in [4.78, 5) is 21.5. The SMILES string of the molecule is C=CC(=O)NCCCOCCCNC(=O)C=C.OCCOCCO. The Morgan fingerprint density at radius 3 is 1.50 bits per heavy atom. The lowest BCUT2D eigenvalue weighted by atomic mass is 10.4. The van der Waals surface area contributed by atoms with E-state index in [2.05, 4.69) is 28.5 Å². The standard InChI is InChI=1S/C12H20N2O3.C4H10O3/c1-3-11(15)13-7-5-9-17-10-6-8-14-12(16)4-2;5-1-3-7-4-2-6/h3-4H,1-2,5-10H2,(H,13,15)(H,14,16);5-6H,1-4H2. The third-order valence-electron chi connectivity index (χ3n) is 2.37. The molecule has 0 bridgehead atoms. The highest BCUT2D eigenvalue weighted by Gasteiger charge is 1.95. The number of aliphatic hydroxyl groups is 2. The van der Waals surface area contributed by atoms with Crippen LogP contribution in [0.25, 0.3) is 0 Å². The molecule has 24 heavy (non-hydrogen) atoms. The van der Waals surface area contributed by atoms with Gasteiger partial charge in [0.25, 0.3) is 0 Å². The molecule has 0 rings (SSSR count). The van der Waals surface area contributed by atoms with Crippen molar-refractivity contribution in [1.82, 2.24) is 10.6 Å². The maximum absolute atomic E-state index is 10.8. The molecule has 0 aromatic heterocycles. The summed E-state index contributed by atoms with van der Waals surface area (Å²) in [6, 6.07) is 0. The molecule has 0 atom stereocenters. The Morgan fingerprint density at radius 1 is 0.792 bits per heavy atom. The van der Waals surface area contributed by atoms with E-state index in [1.54, 1.807) is 0 Å². The van der Waals surface area contributed by atoms with Gasteiger partial charge in [0, 0.05) is 26.3 Å². The normalized spacial score (nSPS) is 9.42. The summed E-state index contributed by atoms with van der Waals surface area (Å²) >= 11 is 0. The van der Waals surface area contributed by atoms with Crippen molar-refractivity contribution in [1.29, 1.82) is 0 Å². The van der Waals surface area contributed by atoms with Gasteiger partial charge in [-0.25, -0.2) is 0 Å². The molecule has 2 amide bonds. The third kappa shape index (κ3) is 22.5. The molecule has 0 aliphatic rings. The van der Waals surface area contributed by atoms with Crippen LogP contribution < -0.4 is 10.6 Å². The van der Waals surface area contributed by atoms with Gasteiger partial charge in [-0.3, -0.25) is 9.59 Å². The zero-order chi connectivity index (χ0) is 18.5. The lowest BCUT2D eigenvalue weighted by molar-refractivity contribution is -0.117. The molecule has 0 unspecified atom stereocenters. The molecule has 0 fully saturated rings. The van der Waals surface area contributed by atoms with Crippen LogP contribution in [0.5, 0.6) is 0 Å². The minimum atomic E-state index is -0.169. The van der Waals surface area contributed by atoms with Crippen LogP contribution in [0.3, 0.4) is 0 Å². The van der Waals surface area contributed by atoms with Crippen molar-refractivity contribution in [3.63, 3.8) is 0 Å². The summed E-state index contributed by atoms with van der Waals surface area (Å²) in [5.74, 6) is -0.339. The minimum Gasteiger partial charge on any atom is -0.394 e. The maximum atomic E-state index is 10.8. The fourth-order valence-electron chi connectivity index (χ4n) is 1.25. The second-order valence-electron chi connectivity index (χ2n) is 4.37. The smallest absolute Gasteiger partial charge is 0.243 e. The third-order valence-corrected chi connectivity index (χ3v) is 2.37. The van der Waals surface area contributed by atoms with E-state index in [0.29, 0.717) is 39.5 Å². The van der Waals surface area contributed by atoms with Crippen LogP contribution in [0.2, 0.25) is 0 Å². The second-order valence-corrected chi connectivity index (χ2v) is 4.37. The van der Waals surface area contributed by atoms with E-state index in [0.717, 1.165) is 12.8 Å². The molecule has 0 aliphatic carbocycles. The van der Waals surface area contributed by atoms with Crippen molar-refractivity contribution >= 4 is 11.8 Å². The predicted molar refractivity (Wildman–Crippen MR) is 91.5 cm³/mol. The van der Waals surface area contributed by atoms with Gasteiger partial charge >= 0.3 is 0 Å². The topological polar surface area (TPSA) is 117 Å². The number of carbonyl (C=O) groups is 2.